The Morgan fingerprint density at radius 1 is 1.07 bits per heavy atom. The highest BCUT2D eigenvalue weighted by Gasteiger charge is 2.39. The van der Waals surface area contributed by atoms with Gasteiger partial charge in [-0.3, -0.25) is 4.57 Å². The van der Waals surface area contributed by atoms with Gasteiger partial charge in [-0.2, -0.15) is 0 Å². The number of aromatic nitrogens is 2. The quantitative estimate of drug-likeness (QED) is 0.625. The van der Waals surface area contributed by atoms with Crippen LogP contribution in [0.4, 0.5) is 5.95 Å². The van der Waals surface area contributed by atoms with Crippen molar-refractivity contribution in [1.82, 2.24) is 19.3 Å². The van der Waals surface area contributed by atoms with Gasteiger partial charge in [0.2, 0.25) is 13.4 Å². The first-order valence-corrected chi connectivity index (χ1v) is 11.1. The molecule has 8 nitrogen and oxygen atoms in total. The van der Waals surface area contributed by atoms with Crippen LogP contribution in [0.25, 0.3) is 0 Å². The summed E-state index contributed by atoms with van der Waals surface area (Å²) in [7, 11) is 5.74. The zero-order chi connectivity index (χ0) is 21.9. The van der Waals surface area contributed by atoms with Crippen molar-refractivity contribution in [2.45, 2.75) is 26.4 Å². The third-order valence-electron chi connectivity index (χ3n) is 4.88. The van der Waals surface area contributed by atoms with Crippen LogP contribution < -0.4 is 10.1 Å². The van der Waals surface area contributed by atoms with Crippen LogP contribution in [-0.2, 0) is 4.57 Å². The third kappa shape index (κ3) is 4.89. The van der Waals surface area contributed by atoms with Crippen molar-refractivity contribution in [2.24, 2.45) is 0 Å². The summed E-state index contributed by atoms with van der Waals surface area (Å²) < 4.78 is 23.0. The van der Waals surface area contributed by atoms with E-state index in [1.807, 2.05) is 54.2 Å². The average molecular weight is 421 g/mol. The standard InChI is InChI=1S/C20H32N5O3P/c1-13-9-16(11-17(28-8)19(13)26)18(29(27,24(4)5)25(6)7)12-21-20-22-14(2)10-15(3)23-20/h9-11,18,26H,12H2,1-8H3,(H,21,22,23). The van der Waals surface area contributed by atoms with E-state index in [4.69, 9.17) is 4.74 Å². The maximum absolute atomic E-state index is 14.1. The van der Waals surface area contributed by atoms with Gasteiger partial charge in [0, 0.05) is 17.9 Å². The SMILES string of the molecule is COc1cc(C(CNc2nc(C)cc(C)n2)P(=O)(N(C)C)N(C)C)cc(C)c1O. The van der Waals surface area contributed by atoms with Crippen molar-refractivity contribution in [3.63, 3.8) is 0 Å². The molecule has 0 spiro atoms. The molecule has 1 atom stereocenters. The molecule has 0 amide bonds. The van der Waals surface area contributed by atoms with Crippen LogP contribution in [0.15, 0.2) is 18.2 Å². The number of ether oxygens (including phenoxy) is 1. The topological polar surface area (TPSA) is 90.8 Å². The highest BCUT2D eigenvalue weighted by molar-refractivity contribution is 7.59. The number of aryl methyl sites for hydroxylation is 3. The van der Waals surface area contributed by atoms with Crippen LogP contribution >= 0.6 is 7.44 Å². The lowest BCUT2D eigenvalue weighted by Crippen LogP contribution is -2.29. The Labute approximate surface area is 173 Å². The van der Waals surface area contributed by atoms with Crippen LogP contribution in [0.1, 0.15) is 28.2 Å². The fraction of sp³-hybridized carbons (Fsp3) is 0.500. The van der Waals surface area contributed by atoms with Crippen molar-refractivity contribution >= 4 is 13.4 Å². The number of hydrogen-bond acceptors (Lipinski definition) is 6. The Morgan fingerprint density at radius 3 is 2.10 bits per heavy atom. The van der Waals surface area contributed by atoms with Crippen LogP contribution in [0.5, 0.6) is 11.5 Å². The summed E-state index contributed by atoms with van der Waals surface area (Å²) in [6.07, 6.45) is 0. The van der Waals surface area contributed by atoms with Crippen LogP contribution in [0, 0.1) is 20.8 Å². The van der Waals surface area contributed by atoms with E-state index < -0.39 is 13.1 Å². The predicted molar refractivity (Wildman–Crippen MR) is 117 cm³/mol. The Balaban J connectivity index is 2.54. The molecule has 1 aromatic heterocycles. The third-order valence-corrected chi connectivity index (χ3v) is 8.47. The van der Waals surface area contributed by atoms with Crippen molar-refractivity contribution in [3.05, 3.63) is 40.7 Å². The molecule has 0 aliphatic heterocycles. The van der Waals surface area contributed by atoms with Gasteiger partial charge in [0.25, 0.3) is 0 Å². The number of aromatic hydroxyl groups is 1. The largest absolute Gasteiger partial charge is 0.504 e. The Hall–Kier alpha value is -2.15. The molecule has 0 aliphatic rings. The number of anilines is 1. The molecular weight excluding hydrogens is 389 g/mol. The first kappa shape index (κ1) is 23.1. The highest BCUT2D eigenvalue weighted by atomic mass is 31.2. The molecule has 1 heterocycles. The summed E-state index contributed by atoms with van der Waals surface area (Å²) in [6, 6.07) is 5.50. The van der Waals surface area contributed by atoms with Gasteiger partial charge in [0.05, 0.1) is 12.8 Å². The number of phenols is 1. The summed E-state index contributed by atoms with van der Waals surface area (Å²) in [5.41, 5.74) is 2.78. The second kappa shape index (κ2) is 9.11. The molecule has 2 rings (SSSR count). The number of phenolic OH excluding ortho intramolecular Hbond substituents is 1. The molecule has 29 heavy (non-hydrogen) atoms. The summed E-state index contributed by atoms with van der Waals surface area (Å²) >= 11 is 0. The molecule has 1 unspecified atom stereocenters. The van der Waals surface area contributed by atoms with E-state index >= 15 is 0 Å². The predicted octanol–water partition coefficient (Wildman–Crippen LogP) is 3.59. The molecule has 0 saturated heterocycles. The summed E-state index contributed by atoms with van der Waals surface area (Å²) in [5, 5.41) is 13.5. The van der Waals surface area contributed by atoms with Crippen molar-refractivity contribution in [3.8, 4) is 11.5 Å². The van der Waals surface area contributed by atoms with Crippen LogP contribution in [0.3, 0.4) is 0 Å². The molecule has 2 aromatic rings. The molecule has 0 saturated carbocycles. The normalized spacial score (nSPS) is 13.0. The van der Waals surface area contributed by atoms with Gasteiger partial charge >= 0.3 is 0 Å². The van der Waals surface area contributed by atoms with E-state index in [0.717, 1.165) is 17.0 Å². The van der Waals surface area contributed by atoms with E-state index in [1.54, 1.807) is 22.3 Å². The minimum absolute atomic E-state index is 0.0881. The Kier molecular flexibility index (Phi) is 7.27. The number of benzene rings is 1. The monoisotopic (exact) mass is 421 g/mol. The minimum atomic E-state index is -3.01. The lowest BCUT2D eigenvalue weighted by Gasteiger charge is -2.37. The Bertz CT molecular complexity index is 885. The van der Waals surface area contributed by atoms with E-state index in [9.17, 15) is 9.67 Å². The second-order valence-electron chi connectivity index (χ2n) is 7.54. The highest BCUT2D eigenvalue weighted by Crippen LogP contribution is 2.62. The molecule has 160 valence electrons. The van der Waals surface area contributed by atoms with Crippen LogP contribution in [0.2, 0.25) is 0 Å². The Morgan fingerprint density at radius 2 is 1.62 bits per heavy atom. The van der Waals surface area contributed by atoms with E-state index in [2.05, 4.69) is 15.3 Å². The zero-order valence-electron chi connectivity index (χ0n) is 18.5. The van der Waals surface area contributed by atoms with Crippen molar-refractivity contribution in [1.29, 1.82) is 0 Å². The minimum Gasteiger partial charge on any atom is -0.504 e. The lowest BCUT2D eigenvalue weighted by atomic mass is 10.1. The fourth-order valence-corrected chi connectivity index (χ4v) is 6.16. The summed E-state index contributed by atoms with van der Waals surface area (Å²) in [6.45, 7) is 5.98. The number of methoxy groups -OCH3 is 1. The molecule has 1 aromatic carbocycles. The molecule has 0 bridgehead atoms. The maximum Gasteiger partial charge on any atom is 0.224 e. The van der Waals surface area contributed by atoms with Crippen molar-refractivity contribution < 1.29 is 14.4 Å². The maximum atomic E-state index is 14.1. The first-order valence-electron chi connectivity index (χ1n) is 9.39. The van der Waals surface area contributed by atoms with E-state index in [-0.39, 0.29) is 5.75 Å². The molecule has 9 heteroatoms. The average Bonchev–Trinajstić information content (AvgIpc) is 2.62. The van der Waals surface area contributed by atoms with Crippen LogP contribution in [-0.4, -0.2) is 66.3 Å². The first-order chi connectivity index (χ1) is 13.5. The molecular formula is C20H32N5O3P. The second-order valence-corrected chi connectivity index (χ2v) is 10.9. The van der Waals surface area contributed by atoms with Gasteiger partial charge in [-0.1, -0.05) is 6.07 Å². The number of nitrogens with zero attached hydrogens (tertiary/aromatic N) is 4. The summed E-state index contributed by atoms with van der Waals surface area (Å²) in [5.74, 6) is 0.945. The van der Waals surface area contributed by atoms with Gasteiger partial charge in [-0.25, -0.2) is 19.3 Å². The summed E-state index contributed by atoms with van der Waals surface area (Å²) in [4.78, 5) is 8.87. The molecule has 2 N–H and O–H groups in total. The molecule has 0 radical (unpaired) electrons. The van der Waals surface area contributed by atoms with E-state index in [0.29, 0.717) is 23.8 Å². The lowest BCUT2D eigenvalue weighted by molar-refractivity contribution is 0.370. The fourth-order valence-electron chi connectivity index (χ4n) is 3.46. The van der Waals surface area contributed by atoms with E-state index in [1.165, 1.54) is 7.11 Å². The molecule has 0 fully saturated rings. The smallest absolute Gasteiger partial charge is 0.224 e. The van der Waals surface area contributed by atoms with Gasteiger partial charge < -0.3 is 15.2 Å². The van der Waals surface area contributed by atoms with Gasteiger partial charge in [-0.15, -0.1) is 0 Å². The number of hydrogen-bond donors (Lipinski definition) is 2. The van der Waals surface area contributed by atoms with Crippen molar-refractivity contribution in [2.75, 3.05) is 47.2 Å². The zero-order valence-corrected chi connectivity index (χ0v) is 19.4. The molecule has 0 aliphatic carbocycles. The van der Waals surface area contributed by atoms with Gasteiger partial charge in [0.1, 0.15) is 0 Å². The number of nitrogens with one attached hydrogen (secondary N) is 1. The van der Waals surface area contributed by atoms with Gasteiger partial charge in [-0.05, 0) is 72.2 Å². The number of rotatable bonds is 8. The van der Waals surface area contributed by atoms with Gasteiger partial charge in [0.15, 0.2) is 11.5 Å².